The molecule has 4 rings (SSSR count). The first kappa shape index (κ1) is 16.7. The molecule has 2 aliphatic rings. The maximum atomic E-state index is 12.6. The van der Waals surface area contributed by atoms with Gasteiger partial charge in [-0.2, -0.15) is 0 Å². The predicted octanol–water partition coefficient (Wildman–Crippen LogP) is 3.34. The number of hydrogen-bond acceptors (Lipinski definition) is 4. The molecule has 5 nitrogen and oxygen atoms in total. The van der Waals surface area contributed by atoms with Gasteiger partial charge in [0.05, 0.1) is 13.2 Å². The zero-order valence-electron chi connectivity index (χ0n) is 14.7. The van der Waals surface area contributed by atoms with E-state index in [0.29, 0.717) is 25.4 Å². The number of hydrogen-bond donors (Lipinski definition) is 0. The molecule has 5 heteroatoms. The molecule has 0 bridgehead atoms. The molecule has 0 saturated carbocycles. The van der Waals surface area contributed by atoms with Crippen LogP contribution < -0.4 is 9.47 Å². The number of carbonyl (C=O) groups excluding carboxylic acids is 1. The van der Waals surface area contributed by atoms with Crippen LogP contribution in [0.5, 0.6) is 11.5 Å². The number of morpholine rings is 1. The van der Waals surface area contributed by atoms with Crippen LogP contribution in [0.3, 0.4) is 0 Å². The monoisotopic (exact) mass is 351 g/mol. The van der Waals surface area contributed by atoms with Gasteiger partial charge in [-0.15, -0.1) is 0 Å². The van der Waals surface area contributed by atoms with E-state index in [0.717, 1.165) is 16.9 Å². The molecule has 1 unspecified atom stereocenters. The van der Waals surface area contributed by atoms with E-state index in [2.05, 4.69) is 31.2 Å². The SMILES string of the molecule is Cc1ccc(C2CN(C(=O)/C=C/c3ccc4c(c3)OCO4)CCO2)cc1. The summed E-state index contributed by atoms with van der Waals surface area (Å²) >= 11 is 0. The van der Waals surface area contributed by atoms with Crippen molar-refractivity contribution in [3.8, 4) is 11.5 Å². The Balaban J connectivity index is 1.41. The summed E-state index contributed by atoms with van der Waals surface area (Å²) in [4.78, 5) is 14.4. The van der Waals surface area contributed by atoms with Crippen LogP contribution >= 0.6 is 0 Å². The van der Waals surface area contributed by atoms with Gasteiger partial charge in [0, 0.05) is 12.6 Å². The lowest BCUT2D eigenvalue weighted by atomic mass is 10.1. The van der Waals surface area contributed by atoms with Crippen LogP contribution in [-0.4, -0.2) is 37.3 Å². The average molecular weight is 351 g/mol. The molecule has 26 heavy (non-hydrogen) atoms. The summed E-state index contributed by atoms with van der Waals surface area (Å²) in [7, 11) is 0. The first-order chi connectivity index (χ1) is 12.7. The number of ether oxygens (including phenoxy) is 3. The molecule has 1 saturated heterocycles. The second-order valence-electron chi connectivity index (χ2n) is 6.50. The smallest absolute Gasteiger partial charge is 0.246 e. The number of fused-ring (bicyclic) bond motifs is 1. The number of rotatable bonds is 3. The van der Waals surface area contributed by atoms with Gasteiger partial charge >= 0.3 is 0 Å². The maximum absolute atomic E-state index is 12.6. The summed E-state index contributed by atoms with van der Waals surface area (Å²) in [5, 5.41) is 0. The molecule has 0 aliphatic carbocycles. The average Bonchev–Trinajstić information content (AvgIpc) is 3.14. The summed E-state index contributed by atoms with van der Waals surface area (Å²) in [5.74, 6) is 1.44. The van der Waals surface area contributed by atoms with Gasteiger partial charge < -0.3 is 19.1 Å². The lowest BCUT2D eigenvalue weighted by Gasteiger charge is -2.32. The molecule has 1 fully saturated rings. The molecule has 2 aliphatic heterocycles. The van der Waals surface area contributed by atoms with Crippen LogP contribution in [0.2, 0.25) is 0 Å². The molecule has 2 aromatic carbocycles. The van der Waals surface area contributed by atoms with Gasteiger partial charge in [-0.05, 0) is 36.3 Å². The van der Waals surface area contributed by atoms with Crippen molar-refractivity contribution in [2.45, 2.75) is 13.0 Å². The Morgan fingerprint density at radius 2 is 1.92 bits per heavy atom. The molecule has 1 amide bonds. The minimum atomic E-state index is -0.0766. The second kappa shape index (κ2) is 7.22. The first-order valence-corrected chi connectivity index (χ1v) is 8.74. The minimum absolute atomic E-state index is 0.0110. The Kier molecular flexibility index (Phi) is 4.63. The number of amides is 1. The Morgan fingerprint density at radius 3 is 2.77 bits per heavy atom. The Bertz CT molecular complexity index is 828. The van der Waals surface area contributed by atoms with Gasteiger partial charge in [0.1, 0.15) is 6.10 Å². The highest BCUT2D eigenvalue weighted by Gasteiger charge is 2.24. The lowest BCUT2D eigenvalue weighted by molar-refractivity contribution is -0.133. The predicted molar refractivity (Wildman–Crippen MR) is 98.1 cm³/mol. The fraction of sp³-hybridized carbons (Fsp3) is 0.286. The third kappa shape index (κ3) is 3.58. The van der Waals surface area contributed by atoms with Crippen molar-refractivity contribution in [2.24, 2.45) is 0 Å². The van der Waals surface area contributed by atoms with E-state index in [1.54, 1.807) is 12.2 Å². The van der Waals surface area contributed by atoms with Crippen LogP contribution in [0.1, 0.15) is 22.8 Å². The van der Waals surface area contributed by atoms with Crippen molar-refractivity contribution < 1.29 is 19.0 Å². The number of carbonyl (C=O) groups is 1. The van der Waals surface area contributed by atoms with E-state index >= 15 is 0 Å². The van der Waals surface area contributed by atoms with E-state index < -0.39 is 0 Å². The van der Waals surface area contributed by atoms with Crippen molar-refractivity contribution in [3.63, 3.8) is 0 Å². The van der Waals surface area contributed by atoms with Crippen molar-refractivity contribution in [1.82, 2.24) is 4.90 Å². The molecule has 0 aromatic heterocycles. The summed E-state index contributed by atoms with van der Waals surface area (Å²) < 4.78 is 16.5. The third-order valence-corrected chi connectivity index (χ3v) is 4.64. The topological polar surface area (TPSA) is 48.0 Å². The van der Waals surface area contributed by atoms with E-state index in [9.17, 15) is 4.79 Å². The van der Waals surface area contributed by atoms with E-state index in [-0.39, 0.29) is 18.8 Å². The Hall–Kier alpha value is -2.79. The molecule has 0 spiro atoms. The normalized spacial score (nSPS) is 19.1. The van der Waals surface area contributed by atoms with Crippen molar-refractivity contribution >= 4 is 12.0 Å². The zero-order chi connectivity index (χ0) is 17.9. The van der Waals surface area contributed by atoms with Crippen LogP contribution in [0.4, 0.5) is 0 Å². The first-order valence-electron chi connectivity index (χ1n) is 8.74. The molecule has 0 radical (unpaired) electrons. The Labute approximate surface area is 152 Å². The molecule has 134 valence electrons. The highest BCUT2D eigenvalue weighted by atomic mass is 16.7. The van der Waals surface area contributed by atoms with Crippen molar-refractivity contribution in [1.29, 1.82) is 0 Å². The number of aryl methyl sites for hydroxylation is 1. The highest BCUT2D eigenvalue weighted by Crippen LogP contribution is 2.32. The number of benzene rings is 2. The van der Waals surface area contributed by atoms with E-state index in [1.165, 1.54) is 5.56 Å². The van der Waals surface area contributed by atoms with Crippen LogP contribution in [0, 0.1) is 6.92 Å². The molecular formula is C21H21NO4. The Morgan fingerprint density at radius 1 is 1.12 bits per heavy atom. The maximum Gasteiger partial charge on any atom is 0.246 e. The quantitative estimate of drug-likeness (QED) is 0.796. The lowest BCUT2D eigenvalue weighted by Crippen LogP contribution is -2.41. The van der Waals surface area contributed by atoms with Crippen molar-refractivity contribution in [3.05, 3.63) is 65.2 Å². The summed E-state index contributed by atoms with van der Waals surface area (Å²) in [6.45, 7) is 4.01. The van der Waals surface area contributed by atoms with E-state index in [4.69, 9.17) is 14.2 Å². The molecule has 0 N–H and O–H groups in total. The van der Waals surface area contributed by atoms with E-state index in [1.807, 2.05) is 23.1 Å². The standard InChI is InChI=1S/C21H21NO4/c1-15-2-6-17(7-3-15)20-13-22(10-11-24-20)21(23)9-5-16-4-8-18-19(12-16)26-14-25-18/h2-9,12,20H,10-11,13-14H2,1H3/b9-5+. The van der Waals surface area contributed by atoms with Crippen LogP contribution in [0.15, 0.2) is 48.5 Å². The summed E-state index contributed by atoms with van der Waals surface area (Å²) in [5.41, 5.74) is 3.22. The molecule has 2 aromatic rings. The number of nitrogens with zero attached hydrogens (tertiary/aromatic N) is 1. The van der Waals surface area contributed by atoms with Gasteiger partial charge in [-0.1, -0.05) is 35.9 Å². The molecule has 2 heterocycles. The van der Waals surface area contributed by atoms with Gasteiger partial charge in [-0.25, -0.2) is 0 Å². The fourth-order valence-electron chi connectivity index (χ4n) is 3.12. The van der Waals surface area contributed by atoms with Gasteiger partial charge in [0.25, 0.3) is 0 Å². The molecule has 1 atom stereocenters. The third-order valence-electron chi connectivity index (χ3n) is 4.64. The van der Waals surface area contributed by atoms with Gasteiger partial charge in [0.15, 0.2) is 11.5 Å². The van der Waals surface area contributed by atoms with Crippen molar-refractivity contribution in [2.75, 3.05) is 26.5 Å². The minimum Gasteiger partial charge on any atom is -0.454 e. The van der Waals surface area contributed by atoms with Gasteiger partial charge in [-0.3, -0.25) is 4.79 Å². The fourth-order valence-corrected chi connectivity index (χ4v) is 3.12. The highest BCUT2D eigenvalue weighted by molar-refractivity contribution is 5.92. The van der Waals surface area contributed by atoms with Crippen LogP contribution in [-0.2, 0) is 9.53 Å². The van der Waals surface area contributed by atoms with Crippen LogP contribution in [0.25, 0.3) is 6.08 Å². The second-order valence-corrected chi connectivity index (χ2v) is 6.50. The zero-order valence-corrected chi connectivity index (χ0v) is 14.7. The van der Waals surface area contributed by atoms with Gasteiger partial charge in [0.2, 0.25) is 12.7 Å². The molecular weight excluding hydrogens is 330 g/mol. The summed E-state index contributed by atoms with van der Waals surface area (Å²) in [6, 6.07) is 13.9. The summed E-state index contributed by atoms with van der Waals surface area (Å²) in [6.07, 6.45) is 3.34. The largest absolute Gasteiger partial charge is 0.454 e.